The number of anilines is 2. The number of imide groups is 1. The van der Waals surface area contributed by atoms with Crippen LogP contribution in [0.4, 0.5) is 24.5 Å². The average Bonchev–Trinajstić information content (AvgIpc) is 3.00. The number of halogens is 3. The lowest BCUT2D eigenvalue weighted by atomic mass is 10.0. The third-order valence-corrected chi connectivity index (χ3v) is 4.98. The summed E-state index contributed by atoms with van der Waals surface area (Å²) < 4.78 is 45.9. The summed E-state index contributed by atoms with van der Waals surface area (Å²) in [7, 11) is 1.41. The Labute approximate surface area is 181 Å². The smallest absolute Gasteiger partial charge is 0.282 e. The van der Waals surface area contributed by atoms with Crippen molar-refractivity contribution in [1.82, 2.24) is 0 Å². The van der Waals surface area contributed by atoms with Gasteiger partial charge in [0.15, 0.2) is 11.6 Å². The van der Waals surface area contributed by atoms with Gasteiger partial charge < -0.3 is 10.1 Å². The van der Waals surface area contributed by atoms with Gasteiger partial charge in [-0.2, -0.15) is 0 Å². The van der Waals surface area contributed by atoms with Gasteiger partial charge in [0.1, 0.15) is 17.3 Å². The van der Waals surface area contributed by atoms with Gasteiger partial charge in [0.2, 0.25) is 0 Å². The van der Waals surface area contributed by atoms with Crippen LogP contribution in [0.25, 0.3) is 5.57 Å². The maximum absolute atomic E-state index is 13.7. The third-order valence-electron chi connectivity index (χ3n) is 4.98. The molecular formula is C24H17F3N2O3. The van der Waals surface area contributed by atoms with Crippen molar-refractivity contribution in [2.45, 2.75) is 6.92 Å². The standard InChI is InChI=1S/C24H17F3N2O3/c1-13-3-10-20(32-2)19(11-13)29-23(30)21(14-4-6-15(25)7-5-14)22(24(29)31)28-16-8-9-17(26)18(27)12-16/h3-12,28H,1-2H3. The lowest BCUT2D eigenvalue weighted by Gasteiger charge is -2.19. The fourth-order valence-electron chi connectivity index (χ4n) is 3.44. The molecule has 0 unspecified atom stereocenters. The minimum absolute atomic E-state index is 0.0386. The molecule has 0 bridgehead atoms. The van der Waals surface area contributed by atoms with Crippen molar-refractivity contribution >= 4 is 28.8 Å². The number of aryl methyl sites for hydroxylation is 1. The number of benzene rings is 3. The van der Waals surface area contributed by atoms with Crippen LogP contribution in [0.2, 0.25) is 0 Å². The molecule has 0 aliphatic carbocycles. The highest BCUT2D eigenvalue weighted by Crippen LogP contribution is 2.38. The Morgan fingerprint density at radius 3 is 2.22 bits per heavy atom. The van der Waals surface area contributed by atoms with Crippen molar-refractivity contribution in [3.8, 4) is 5.75 Å². The number of carbonyl (C=O) groups is 2. The molecule has 0 radical (unpaired) electrons. The monoisotopic (exact) mass is 438 g/mol. The molecule has 1 aliphatic rings. The van der Waals surface area contributed by atoms with Crippen LogP contribution in [-0.4, -0.2) is 18.9 Å². The molecule has 32 heavy (non-hydrogen) atoms. The van der Waals surface area contributed by atoms with Gasteiger partial charge in [0, 0.05) is 11.8 Å². The Kier molecular flexibility index (Phi) is 5.44. The number of rotatable bonds is 5. The van der Waals surface area contributed by atoms with E-state index < -0.39 is 29.3 Å². The first-order chi connectivity index (χ1) is 15.3. The first-order valence-electron chi connectivity index (χ1n) is 9.56. The topological polar surface area (TPSA) is 58.6 Å². The Hall–Kier alpha value is -4.07. The molecule has 4 rings (SSSR count). The van der Waals surface area contributed by atoms with Gasteiger partial charge >= 0.3 is 0 Å². The van der Waals surface area contributed by atoms with Crippen molar-refractivity contribution in [3.05, 3.63) is 94.9 Å². The summed E-state index contributed by atoms with van der Waals surface area (Å²) in [5.41, 5.74) is 1.16. The molecule has 0 saturated heterocycles. The molecule has 0 saturated carbocycles. The summed E-state index contributed by atoms with van der Waals surface area (Å²) in [5.74, 6) is -3.78. The summed E-state index contributed by atoms with van der Waals surface area (Å²) in [4.78, 5) is 27.8. The largest absolute Gasteiger partial charge is 0.495 e. The Morgan fingerprint density at radius 2 is 1.56 bits per heavy atom. The maximum atomic E-state index is 13.7. The van der Waals surface area contributed by atoms with Gasteiger partial charge in [-0.15, -0.1) is 0 Å². The number of hydrogen-bond donors (Lipinski definition) is 1. The van der Waals surface area contributed by atoms with Crippen LogP contribution in [0, 0.1) is 24.4 Å². The molecule has 0 aromatic heterocycles. The number of carbonyl (C=O) groups excluding carboxylic acids is 2. The third kappa shape index (κ3) is 3.71. The van der Waals surface area contributed by atoms with E-state index in [-0.39, 0.29) is 28.2 Å². The lowest BCUT2D eigenvalue weighted by molar-refractivity contribution is -0.120. The Balaban J connectivity index is 1.86. The highest BCUT2D eigenvalue weighted by molar-refractivity contribution is 6.46. The maximum Gasteiger partial charge on any atom is 0.282 e. The van der Waals surface area contributed by atoms with E-state index in [0.717, 1.165) is 34.7 Å². The predicted octanol–water partition coefficient (Wildman–Crippen LogP) is 4.82. The predicted molar refractivity (Wildman–Crippen MR) is 114 cm³/mol. The van der Waals surface area contributed by atoms with Gasteiger partial charge in [-0.05, 0) is 54.4 Å². The quantitative estimate of drug-likeness (QED) is 0.581. The van der Waals surface area contributed by atoms with Crippen LogP contribution in [-0.2, 0) is 9.59 Å². The molecule has 1 aliphatic heterocycles. The number of nitrogens with one attached hydrogen (secondary N) is 1. The fourth-order valence-corrected chi connectivity index (χ4v) is 3.44. The average molecular weight is 438 g/mol. The molecule has 3 aromatic rings. The molecule has 8 heteroatoms. The summed E-state index contributed by atoms with van der Waals surface area (Å²) in [6.45, 7) is 1.79. The van der Waals surface area contributed by atoms with E-state index in [0.29, 0.717) is 5.75 Å². The van der Waals surface area contributed by atoms with E-state index in [1.807, 2.05) is 0 Å². The molecule has 162 valence electrons. The van der Waals surface area contributed by atoms with Crippen LogP contribution < -0.4 is 15.0 Å². The molecule has 3 aromatic carbocycles. The van der Waals surface area contributed by atoms with E-state index in [2.05, 4.69) is 5.32 Å². The van der Waals surface area contributed by atoms with Crippen LogP contribution in [0.3, 0.4) is 0 Å². The van der Waals surface area contributed by atoms with Gasteiger partial charge in [-0.1, -0.05) is 18.2 Å². The zero-order valence-corrected chi connectivity index (χ0v) is 17.1. The number of nitrogens with zero attached hydrogens (tertiary/aromatic N) is 1. The molecule has 0 fully saturated rings. The number of hydrogen-bond acceptors (Lipinski definition) is 4. The summed E-state index contributed by atoms with van der Waals surface area (Å²) in [6.07, 6.45) is 0. The van der Waals surface area contributed by atoms with Crippen LogP contribution in [0.15, 0.2) is 66.4 Å². The zero-order chi connectivity index (χ0) is 23.0. The van der Waals surface area contributed by atoms with Crippen LogP contribution in [0.1, 0.15) is 11.1 Å². The number of amides is 2. The van der Waals surface area contributed by atoms with Crippen molar-refractivity contribution in [1.29, 1.82) is 0 Å². The molecule has 1 heterocycles. The fraction of sp³-hybridized carbons (Fsp3) is 0.0833. The summed E-state index contributed by atoms with van der Waals surface area (Å²) >= 11 is 0. The molecule has 2 amide bonds. The minimum atomic E-state index is -1.12. The first kappa shape index (κ1) is 21.2. The lowest BCUT2D eigenvalue weighted by Crippen LogP contribution is -2.32. The molecule has 5 nitrogen and oxygen atoms in total. The summed E-state index contributed by atoms with van der Waals surface area (Å²) in [5, 5.41) is 2.73. The number of methoxy groups -OCH3 is 1. The highest BCUT2D eigenvalue weighted by atomic mass is 19.2. The van der Waals surface area contributed by atoms with Crippen LogP contribution in [0.5, 0.6) is 5.75 Å². The minimum Gasteiger partial charge on any atom is -0.495 e. The molecular weight excluding hydrogens is 421 g/mol. The van der Waals surface area contributed by atoms with E-state index >= 15 is 0 Å². The molecule has 1 N–H and O–H groups in total. The second-order valence-corrected chi connectivity index (χ2v) is 7.13. The molecule has 0 atom stereocenters. The Morgan fingerprint density at radius 1 is 0.844 bits per heavy atom. The number of ether oxygens (including phenoxy) is 1. The van der Waals surface area contributed by atoms with E-state index in [1.165, 1.54) is 25.3 Å². The van der Waals surface area contributed by atoms with E-state index in [1.54, 1.807) is 25.1 Å². The van der Waals surface area contributed by atoms with Crippen molar-refractivity contribution in [2.75, 3.05) is 17.3 Å². The summed E-state index contributed by atoms with van der Waals surface area (Å²) in [6, 6.07) is 13.1. The van der Waals surface area contributed by atoms with Gasteiger partial charge in [-0.3, -0.25) is 9.59 Å². The van der Waals surface area contributed by atoms with Crippen molar-refractivity contribution in [2.24, 2.45) is 0 Å². The van der Waals surface area contributed by atoms with E-state index in [9.17, 15) is 22.8 Å². The second-order valence-electron chi connectivity index (χ2n) is 7.13. The second kappa shape index (κ2) is 8.22. The van der Waals surface area contributed by atoms with Gasteiger partial charge in [-0.25, -0.2) is 18.1 Å². The molecule has 0 spiro atoms. The van der Waals surface area contributed by atoms with Gasteiger partial charge in [0.05, 0.1) is 18.4 Å². The van der Waals surface area contributed by atoms with Crippen molar-refractivity contribution < 1.29 is 27.5 Å². The SMILES string of the molecule is COc1ccc(C)cc1N1C(=O)C(Nc2ccc(F)c(F)c2)=C(c2ccc(F)cc2)C1=O. The first-order valence-corrected chi connectivity index (χ1v) is 9.56. The normalized spacial score (nSPS) is 13.7. The highest BCUT2D eigenvalue weighted by Gasteiger charge is 2.41. The zero-order valence-electron chi connectivity index (χ0n) is 17.1. The van der Waals surface area contributed by atoms with Gasteiger partial charge in [0.25, 0.3) is 11.8 Å². The van der Waals surface area contributed by atoms with Crippen LogP contribution >= 0.6 is 0 Å². The Bertz CT molecular complexity index is 1270. The van der Waals surface area contributed by atoms with Crippen molar-refractivity contribution in [3.63, 3.8) is 0 Å². The van der Waals surface area contributed by atoms with E-state index in [4.69, 9.17) is 4.74 Å².